The molecular formula is C18H25NO6. The van der Waals surface area contributed by atoms with Gasteiger partial charge in [-0.15, -0.1) is 0 Å². The van der Waals surface area contributed by atoms with Gasteiger partial charge >= 0.3 is 11.9 Å². The zero-order valence-corrected chi connectivity index (χ0v) is 14.2. The van der Waals surface area contributed by atoms with E-state index >= 15 is 0 Å². The van der Waals surface area contributed by atoms with Gasteiger partial charge in [0.1, 0.15) is 0 Å². The molecule has 0 aliphatic rings. The Kier molecular flexibility index (Phi) is 9.92. The molecule has 138 valence electrons. The van der Waals surface area contributed by atoms with E-state index in [1.54, 1.807) is 12.1 Å². The lowest BCUT2D eigenvalue weighted by Gasteiger charge is -2.07. The molecule has 1 aromatic rings. The van der Waals surface area contributed by atoms with Gasteiger partial charge < -0.3 is 15.3 Å². The Bertz CT molecular complexity index is 572. The molecule has 0 atom stereocenters. The van der Waals surface area contributed by atoms with Crippen molar-refractivity contribution in [3.05, 3.63) is 35.4 Å². The van der Waals surface area contributed by atoms with Gasteiger partial charge in [-0.3, -0.25) is 4.79 Å². The highest BCUT2D eigenvalue weighted by Gasteiger charge is 2.14. The van der Waals surface area contributed by atoms with Crippen LogP contribution < -0.4 is 5.32 Å². The number of aromatic carboxylic acids is 1. The number of hydrogen-bond acceptors (Lipinski definition) is 5. The SMILES string of the molecule is O=C(CCCCCCCCCNC(=O)c1ccccc1C(=O)O)OO. The predicted octanol–water partition coefficient (Wildman–Crippen LogP) is 3.25. The van der Waals surface area contributed by atoms with Crippen LogP contribution in [0.5, 0.6) is 0 Å². The van der Waals surface area contributed by atoms with Crippen LogP contribution >= 0.6 is 0 Å². The lowest BCUT2D eigenvalue weighted by atomic mass is 10.1. The molecule has 0 spiro atoms. The predicted molar refractivity (Wildman–Crippen MR) is 91.4 cm³/mol. The van der Waals surface area contributed by atoms with Crippen molar-refractivity contribution >= 4 is 17.8 Å². The second-order valence-electron chi connectivity index (χ2n) is 5.79. The van der Waals surface area contributed by atoms with E-state index in [2.05, 4.69) is 10.2 Å². The first-order valence-corrected chi connectivity index (χ1v) is 8.51. The Balaban J connectivity index is 2.09. The van der Waals surface area contributed by atoms with Gasteiger partial charge in [-0.05, 0) is 25.0 Å². The fourth-order valence-corrected chi connectivity index (χ4v) is 2.49. The molecule has 0 radical (unpaired) electrons. The molecule has 7 heteroatoms. The summed E-state index contributed by atoms with van der Waals surface area (Å²) in [6, 6.07) is 6.15. The molecule has 0 heterocycles. The number of amides is 1. The number of nitrogens with one attached hydrogen (secondary N) is 1. The second-order valence-corrected chi connectivity index (χ2v) is 5.79. The second kappa shape index (κ2) is 12.0. The van der Waals surface area contributed by atoms with Gasteiger partial charge in [0.2, 0.25) is 0 Å². The average Bonchev–Trinajstić information content (AvgIpc) is 2.62. The summed E-state index contributed by atoms with van der Waals surface area (Å²) in [5, 5.41) is 19.9. The first-order chi connectivity index (χ1) is 12.1. The van der Waals surface area contributed by atoms with Crippen LogP contribution in [0.4, 0.5) is 0 Å². The van der Waals surface area contributed by atoms with Gasteiger partial charge in [0.05, 0.1) is 11.1 Å². The number of unbranched alkanes of at least 4 members (excludes halogenated alkanes) is 6. The highest BCUT2D eigenvalue weighted by Crippen LogP contribution is 2.10. The van der Waals surface area contributed by atoms with E-state index in [4.69, 9.17) is 10.4 Å². The molecule has 1 rings (SSSR count). The maximum absolute atomic E-state index is 12.0. The number of rotatable bonds is 12. The number of hydrogen-bond donors (Lipinski definition) is 3. The highest BCUT2D eigenvalue weighted by molar-refractivity contribution is 6.04. The number of carbonyl (C=O) groups excluding carboxylic acids is 2. The van der Waals surface area contributed by atoms with Crippen LogP contribution in [0.1, 0.15) is 72.1 Å². The molecule has 1 aromatic carbocycles. The van der Waals surface area contributed by atoms with Crippen molar-refractivity contribution < 1.29 is 29.6 Å². The Labute approximate surface area is 146 Å². The molecule has 25 heavy (non-hydrogen) atoms. The quantitative estimate of drug-likeness (QED) is 0.303. The molecule has 0 aromatic heterocycles. The van der Waals surface area contributed by atoms with Gasteiger partial charge in [0, 0.05) is 13.0 Å². The minimum Gasteiger partial charge on any atom is -0.478 e. The van der Waals surface area contributed by atoms with E-state index in [1.165, 1.54) is 12.1 Å². The van der Waals surface area contributed by atoms with Gasteiger partial charge in [-0.1, -0.05) is 44.2 Å². The zero-order valence-electron chi connectivity index (χ0n) is 14.2. The monoisotopic (exact) mass is 351 g/mol. The Morgan fingerprint density at radius 3 is 2.04 bits per heavy atom. The largest absolute Gasteiger partial charge is 0.478 e. The fourth-order valence-electron chi connectivity index (χ4n) is 2.49. The third kappa shape index (κ3) is 8.30. The minimum atomic E-state index is -1.11. The van der Waals surface area contributed by atoms with Crippen LogP contribution in [0.25, 0.3) is 0 Å². The van der Waals surface area contributed by atoms with Crippen LogP contribution in [0.2, 0.25) is 0 Å². The van der Waals surface area contributed by atoms with Crippen molar-refractivity contribution in [1.29, 1.82) is 0 Å². The summed E-state index contributed by atoms with van der Waals surface area (Å²) in [5.74, 6) is -2.08. The van der Waals surface area contributed by atoms with Gasteiger partial charge in [-0.2, -0.15) is 5.26 Å². The van der Waals surface area contributed by atoms with E-state index < -0.39 is 11.9 Å². The van der Waals surface area contributed by atoms with Crippen molar-refractivity contribution in [1.82, 2.24) is 5.32 Å². The molecule has 0 saturated carbocycles. The number of benzene rings is 1. The molecule has 3 N–H and O–H groups in total. The molecule has 0 unspecified atom stereocenters. The van der Waals surface area contributed by atoms with Crippen LogP contribution in [0, 0.1) is 0 Å². The average molecular weight is 351 g/mol. The van der Waals surface area contributed by atoms with Gasteiger partial charge in [-0.25, -0.2) is 9.59 Å². The fraction of sp³-hybridized carbons (Fsp3) is 0.500. The van der Waals surface area contributed by atoms with Gasteiger partial charge in [0.25, 0.3) is 5.91 Å². The van der Waals surface area contributed by atoms with E-state index in [0.29, 0.717) is 13.0 Å². The van der Waals surface area contributed by atoms with E-state index in [1.807, 2.05) is 0 Å². The topological polar surface area (TPSA) is 113 Å². The maximum Gasteiger partial charge on any atom is 0.342 e. The van der Waals surface area contributed by atoms with Crippen molar-refractivity contribution in [3.63, 3.8) is 0 Å². The third-order valence-electron chi connectivity index (χ3n) is 3.85. The van der Waals surface area contributed by atoms with E-state index in [-0.39, 0.29) is 23.5 Å². The number of carboxylic acids is 1. The summed E-state index contributed by atoms with van der Waals surface area (Å²) < 4.78 is 0. The molecule has 0 saturated heterocycles. The van der Waals surface area contributed by atoms with Crippen molar-refractivity contribution in [2.45, 2.75) is 51.4 Å². The highest BCUT2D eigenvalue weighted by atomic mass is 17.1. The summed E-state index contributed by atoms with van der Waals surface area (Å²) in [7, 11) is 0. The Morgan fingerprint density at radius 1 is 0.880 bits per heavy atom. The number of carboxylic acid groups (broad SMARTS) is 1. The molecule has 1 amide bonds. The minimum absolute atomic E-state index is 0.00470. The molecular weight excluding hydrogens is 326 g/mol. The van der Waals surface area contributed by atoms with Crippen LogP contribution in [-0.4, -0.2) is 34.8 Å². The summed E-state index contributed by atoms with van der Waals surface area (Å²) in [4.78, 5) is 37.4. The maximum atomic E-state index is 12.0. The smallest absolute Gasteiger partial charge is 0.342 e. The summed E-state index contributed by atoms with van der Waals surface area (Å²) in [6.07, 6.45) is 6.75. The molecule has 7 nitrogen and oxygen atoms in total. The molecule has 0 aliphatic heterocycles. The lowest BCUT2D eigenvalue weighted by Crippen LogP contribution is -2.26. The number of carbonyl (C=O) groups is 3. The van der Waals surface area contributed by atoms with E-state index in [0.717, 1.165) is 38.5 Å². The van der Waals surface area contributed by atoms with Gasteiger partial charge in [0.15, 0.2) is 0 Å². The Hall–Kier alpha value is -2.41. The summed E-state index contributed by atoms with van der Waals surface area (Å²) in [5.41, 5.74) is 0.182. The van der Waals surface area contributed by atoms with Crippen molar-refractivity contribution in [3.8, 4) is 0 Å². The molecule has 0 bridgehead atoms. The first kappa shape index (κ1) is 20.6. The van der Waals surface area contributed by atoms with Crippen LogP contribution in [0.3, 0.4) is 0 Å². The Morgan fingerprint density at radius 2 is 1.44 bits per heavy atom. The van der Waals surface area contributed by atoms with Crippen molar-refractivity contribution in [2.75, 3.05) is 6.54 Å². The van der Waals surface area contributed by atoms with Crippen LogP contribution in [0.15, 0.2) is 24.3 Å². The lowest BCUT2D eigenvalue weighted by molar-refractivity contribution is -0.234. The molecule has 0 fully saturated rings. The zero-order chi connectivity index (χ0) is 18.5. The first-order valence-electron chi connectivity index (χ1n) is 8.51. The van der Waals surface area contributed by atoms with Crippen molar-refractivity contribution in [2.24, 2.45) is 0 Å². The van der Waals surface area contributed by atoms with Crippen LogP contribution in [-0.2, 0) is 9.68 Å². The normalized spacial score (nSPS) is 10.3. The summed E-state index contributed by atoms with van der Waals surface area (Å²) >= 11 is 0. The summed E-state index contributed by atoms with van der Waals surface area (Å²) in [6.45, 7) is 0.509. The third-order valence-corrected chi connectivity index (χ3v) is 3.85. The van der Waals surface area contributed by atoms with E-state index in [9.17, 15) is 14.4 Å². The molecule has 0 aliphatic carbocycles. The standard InChI is InChI=1S/C18H25NO6/c20-16(25-24)12-6-4-2-1-3-5-9-13-19-17(21)14-10-7-8-11-15(14)18(22)23/h7-8,10-11,24H,1-6,9,12-13H2,(H,19,21)(H,22,23).